The number of carboxylic acids is 2. The molecule has 2 N–H and O–H groups in total. The molecule has 0 radical (unpaired) electrons. The number of aliphatic carboxylic acids is 2. The van der Waals surface area contributed by atoms with Crippen LogP contribution < -0.4 is 0 Å². The lowest BCUT2D eigenvalue weighted by Crippen LogP contribution is -2.12. The van der Waals surface area contributed by atoms with Gasteiger partial charge in [0, 0.05) is 6.42 Å². The lowest BCUT2D eigenvalue weighted by molar-refractivity contribution is -0.140. The van der Waals surface area contributed by atoms with E-state index in [1.807, 2.05) is 6.07 Å². The molecule has 1 atom stereocenters. The van der Waals surface area contributed by atoms with E-state index in [1.54, 1.807) is 24.3 Å². The minimum atomic E-state index is -0.906. The molecule has 0 aliphatic carbocycles. The number of rotatable bonds is 6. The molecule has 0 heterocycles. The van der Waals surface area contributed by atoms with Gasteiger partial charge in [0.1, 0.15) is 0 Å². The van der Waals surface area contributed by atoms with Crippen molar-refractivity contribution >= 4 is 11.9 Å². The highest BCUT2D eigenvalue weighted by Crippen LogP contribution is 2.22. The summed E-state index contributed by atoms with van der Waals surface area (Å²) in [6.07, 6.45) is 0.740. The zero-order valence-electron chi connectivity index (χ0n) is 8.80. The van der Waals surface area contributed by atoms with Crippen LogP contribution in [0.5, 0.6) is 0 Å². The fourth-order valence-electron chi connectivity index (χ4n) is 1.58. The van der Waals surface area contributed by atoms with Crippen molar-refractivity contribution < 1.29 is 19.8 Å². The van der Waals surface area contributed by atoms with Crippen LogP contribution in [0.15, 0.2) is 30.3 Å². The van der Waals surface area contributed by atoms with Crippen LogP contribution in [-0.4, -0.2) is 22.2 Å². The van der Waals surface area contributed by atoms with Gasteiger partial charge in [-0.1, -0.05) is 30.3 Å². The van der Waals surface area contributed by atoms with E-state index < -0.39 is 17.9 Å². The van der Waals surface area contributed by atoms with Crippen LogP contribution in [-0.2, 0) is 9.59 Å². The molecular weight excluding hydrogens is 208 g/mol. The van der Waals surface area contributed by atoms with Gasteiger partial charge in [0.25, 0.3) is 0 Å². The minimum absolute atomic E-state index is 0.0105. The van der Waals surface area contributed by atoms with Crippen molar-refractivity contribution in [3.05, 3.63) is 35.9 Å². The molecule has 0 saturated heterocycles. The van der Waals surface area contributed by atoms with Crippen molar-refractivity contribution in [1.29, 1.82) is 0 Å². The molecule has 16 heavy (non-hydrogen) atoms. The Morgan fingerprint density at radius 2 is 1.75 bits per heavy atom. The summed E-state index contributed by atoms with van der Waals surface area (Å²) in [6, 6.07) is 8.88. The number of hydrogen-bond donors (Lipinski definition) is 2. The second-order valence-electron chi connectivity index (χ2n) is 3.59. The zero-order valence-corrected chi connectivity index (χ0v) is 8.80. The molecule has 0 unspecified atom stereocenters. The van der Waals surface area contributed by atoms with Crippen molar-refractivity contribution in [2.75, 3.05) is 0 Å². The highest BCUT2D eigenvalue weighted by atomic mass is 16.4. The smallest absolute Gasteiger partial charge is 0.310 e. The number of benzene rings is 1. The summed E-state index contributed by atoms with van der Waals surface area (Å²) in [7, 11) is 0. The quantitative estimate of drug-likeness (QED) is 0.773. The normalized spacial score (nSPS) is 12.0. The number of carbonyl (C=O) groups is 2. The largest absolute Gasteiger partial charge is 0.481 e. The van der Waals surface area contributed by atoms with Gasteiger partial charge in [-0.2, -0.15) is 0 Å². The molecule has 0 amide bonds. The Balaban J connectivity index is 2.62. The van der Waals surface area contributed by atoms with Crippen molar-refractivity contribution in [2.24, 2.45) is 0 Å². The van der Waals surface area contributed by atoms with E-state index in [0.717, 1.165) is 5.56 Å². The molecule has 0 bridgehead atoms. The Labute approximate surface area is 93.5 Å². The zero-order chi connectivity index (χ0) is 12.0. The summed E-state index contributed by atoms with van der Waals surface area (Å²) in [6.45, 7) is 0. The van der Waals surface area contributed by atoms with Gasteiger partial charge in [-0.05, 0) is 18.4 Å². The maximum atomic E-state index is 11.0. The Bertz CT molecular complexity index is 359. The van der Waals surface area contributed by atoms with Crippen LogP contribution in [0.1, 0.15) is 30.7 Å². The average molecular weight is 222 g/mol. The van der Waals surface area contributed by atoms with E-state index in [4.69, 9.17) is 10.2 Å². The van der Waals surface area contributed by atoms with Gasteiger partial charge < -0.3 is 10.2 Å². The summed E-state index contributed by atoms with van der Waals surface area (Å²) in [4.78, 5) is 21.4. The van der Waals surface area contributed by atoms with Crippen LogP contribution in [0.25, 0.3) is 0 Å². The Morgan fingerprint density at radius 1 is 1.12 bits per heavy atom. The van der Waals surface area contributed by atoms with Gasteiger partial charge in [-0.25, -0.2) is 0 Å². The summed E-state index contributed by atoms with van der Waals surface area (Å²) in [5.74, 6) is -2.41. The molecule has 0 aliphatic heterocycles. The van der Waals surface area contributed by atoms with E-state index in [1.165, 1.54) is 0 Å². The highest BCUT2D eigenvalue weighted by molar-refractivity contribution is 5.76. The van der Waals surface area contributed by atoms with Crippen LogP contribution >= 0.6 is 0 Å². The van der Waals surface area contributed by atoms with Crippen molar-refractivity contribution in [2.45, 2.75) is 25.2 Å². The van der Waals surface area contributed by atoms with E-state index >= 15 is 0 Å². The van der Waals surface area contributed by atoms with Crippen LogP contribution in [0.4, 0.5) is 0 Å². The van der Waals surface area contributed by atoms with Gasteiger partial charge in [0.2, 0.25) is 0 Å². The highest BCUT2D eigenvalue weighted by Gasteiger charge is 2.19. The standard InChI is InChI=1S/C12H14O4/c13-11(14)8-4-7-10(12(15)16)9-5-2-1-3-6-9/h1-3,5-6,10H,4,7-8H2,(H,13,14)(H,15,16)/t10-/m1/s1. The fourth-order valence-corrected chi connectivity index (χ4v) is 1.58. The van der Waals surface area contributed by atoms with Crippen molar-refractivity contribution in [1.82, 2.24) is 0 Å². The predicted molar refractivity (Wildman–Crippen MR) is 58.3 cm³/mol. The average Bonchev–Trinajstić information content (AvgIpc) is 2.25. The Hall–Kier alpha value is -1.84. The van der Waals surface area contributed by atoms with Gasteiger partial charge in [-0.3, -0.25) is 9.59 Å². The molecule has 1 rings (SSSR count). The van der Waals surface area contributed by atoms with E-state index in [2.05, 4.69) is 0 Å². The molecule has 86 valence electrons. The second-order valence-corrected chi connectivity index (χ2v) is 3.59. The fraction of sp³-hybridized carbons (Fsp3) is 0.333. The summed E-state index contributed by atoms with van der Waals surface area (Å²) in [5, 5.41) is 17.5. The first-order valence-corrected chi connectivity index (χ1v) is 5.11. The Kier molecular flexibility index (Phi) is 4.51. The molecule has 0 aliphatic rings. The third-order valence-corrected chi connectivity index (χ3v) is 2.38. The van der Waals surface area contributed by atoms with E-state index in [0.29, 0.717) is 12.8 Å². The molecule has 1 aromatic rings. The van der Waals surface area contributed by atoms with E-state index in [-0.39, 0.29) is 6.42 Å². The van der Waals surface area contributed by atoms with Crippen molar-refractivity contribution in [3.63, 3.8) is 0 Å². The van der Waals surface area contributed by atoms with Gasteiger partial charge >= 0.3 is 11.9 Å². The first-order chi connectivity index (χ1) is 7.61. The molecule has 0 aromatic heterocycles. The van der Waals surface area contributed by atoms with Gasteiger partial charge in [-0.15, -0.1) is 0 Å². The SMILES string of the molecule is O=C(O)CCC[C@@H](C(=O)O)c1ccccc1. The second kappa shape index (κ2) is 5.90. The number of hydrogen-bond acceptors (Lipinski definition) is 2. The first-order valence-electron chi connectivity index (χ1n) is 5.11. The molecule has 4 nitrogen and oxygen atoms in total. The maximum Gasteiger partial charge on any atom is 0.310 e. The van der Waals surface area contributed by atoms with Gasteiger partial charge in [0.15, 0.2) is 0 Å². The summed E-state index contributed by atoms with van der Waals surface area (Å²) in [5.41, 5.74) is 0.723. The molecule has 0 spiro atoms. The monoisotopic (exact) mass is 222 g/mol. The first kappa shape index (κ1) is 12.2. The minimum Gasteiger partial charge on any atom is -0.481 e. The topological polar surface area (TPSA) is 74.6 Å². The van der Waals surface area contributed by atoms with E-state index in [9.17, 15) is 9.59 Å². The Morgan fingerprint density at radius 3 is 2.25 bits per heavy atom. The molecular formula is C12H14O4. The molecule has 0 fully saturated rings. The number of carboxylic acid groups (broad SMARTS) is 2. The van der Waals surface area contributed by atoms with Crippen LogP contribution in [0, 0.1) is 0 Å². The maximum absolute atomic E-state index is 11.0. The summed E-state index contributed by atoms with van der Waals surface area (Å²) >= 11 is 0. The molecule has 1 aromatic carbocycles. The van der Waals surface area contributed by atoms with Gasteiger partial charge in [0.05, 0.1) is 5.92 Å². The predicted octanol–water partition coefficient (Wildman–Crippen LogP) is 2.11. The third kappa shape index (κ3) is 3.73. The lowest BCUT2D eigenvalue weighted by Gasteiger charge is -2.11. The van der Waals surface area contributed by atoms with Crippen LogP contribution in [0.2, 0.25) is 0 Å². The molecule has 0 saturated carbocycles. The summed E-state index contributed by atoms with van der Waals surface area (Å²) < 4.78 is 0. The van der Waals surface area contributed by atoms with Crippen molar-refractivity contribution in [3.8, 4) is 0 Å². The van der Waals surface area contributed by atoms with Crippen LogP contribution in [0.3, 0.4) is 0 Å². The third-order valence-electron chi connectivity index (χ3n) is 2.38. The molecule has 4 heteroatoms. The lowest BCUT2D eigenvalue weighted by atomic mass is 9.94.